The summed E-state index contributed by atoms with van der Waals surface area (Å²) < 4.78 is 28.0. The van der Waals surface area contributed by atoms with E-state index in [2.05, 4.69) is 43.8 Å². The smallest absolute Gasteiger partial charge is 0.264 e. The zero-order valence-corrected chi connectivity index (χ0v) is 29.6. The van der Waals surface area contributed by atoms with Crippen LogP contribution < -0.4 is 15.4 Å². The molecule has 282 valence electrons. The fourth-order valence-electron chi connectivity index (χ4n) is 6.58. The van der Waals surface area contributed by atoms with Crippen molar-refractivity contribution in [1.82, 2.24) is 25.2 Å². The van der Waals surface area contributed by atoms with Crippen LogP contribution in [0, 0.1) is 0 Å². The van der Waals surface area contributed by atoms with E-state index in [-0.39, 0.29) is 29.9 Å². The maximum Gasteiger partial charge on any atom is 0.264 e. The molecule has 1 fully saturated rings. The van der Waals surface area contributed by atoms with Gasteiger partial charge < -0.3 is 44.4 Å². The molecular weight excluding hydrogens is 696 g/mol. The van der Waals surface area contributed by atoms with Crippen LogP contribution in [0.4, 0.5) is 5.69 Å². The number of anilines is 1. The van der Waals surface area contributed by atoms with E-state index in [4.69, 9.17) is 23.7 Å². The lowest BCUT2D eigenvalue weighted by Crippen LogP contribution is -2.57. The van der Waals surface area contributed by atoms with Gasteiger partial charge in [-0.3, -0.25) is 24.3 Å². The van der Waals surface area contributed by atoms with E-state index < -0.39 is 24.1 Å². The highest BCUT2D eigenvalue weighted by atomic mass is 16.6. The van der Waals surface area contributed by atoms with Gasteiger partial charge in [-0.1, -0.05) is 18.2 Å². The molecule has 5 heterocycles. The van der Waals surface area contributed by atoms with Crippen molar-refractivity contribution in [2.75, 3.05) is 71.3 Å². The molecule has 2 atom stereocenters. The van der Waals surface area contributed by atoms with E-state index in [9.17, 15) is 19.5 Å². The number of carbonyl (C=O) groups excluding carboxylic acids is 3. The van der Waals surface area contributed by atoms with Gasteiger partial charge in [-0.25, -0.2) is 4.98 Å². The monoisotopic (exact) mass is 738 g/mol. The number of pyridine rings is 2. The molecule has 0 saturated carbocycles. The third-order valence-electron chi connectivity index (χ3n) is 9.24. The molecular formula is C39H42N6O9. The number of aliphatic hydroxyl groups is 1. The minimum Gasteiger partial charge on any atom is -0.475 e. The number of imide groups is 1. The molecule has 2 aromatic carbocycles. The summed E-state index contributed by atoms with van der Waals surface area (Å²) in [6.45, 7) is 4.02. The number of hydrogen-bond donors (Lipinski definition) is 4. The van der Waals surface area contributed by atoms with Gasteiger partial charge in [-0.2, -0.15) is 0 Å². The first-order valence-electron chi connectivity index (χ1n) is 18.0. The Labute approximate surface area is 310 Å². The van der Waals surface area contributed by atoms with Crippen LogP contribution in [0.5, 0.6) is 5.88 Å². The van der Waals surface area contributed by atoms with Gasteiger partial charge in [0, 0.05) is 70.7 Å². The average molecular weight is 739 g/mol. The molecule has 2 unspecified atom stereocenters. The standard InChI is InChI=1S/C39H42N6O9/c46-34-8-7-33(37(47)44-34)45-38(48)28-2-1-3-31(36(28)39(45)49)41-12-13-50-14-15-51-16-17-52-18-19-53-20-21-54-35-9-5-26(23-42-35)25-4-6-27-29-24-40-11-10-30(29)43-32(27)22-25/h1-6,9-11,22-24,33,37,41,43,47H,7-8,12-21H2,(H,44,46). The van der Waals surface area contributed by atoms with E-state index in [1.165, 1.54) is 0 Å². The number of hydrogen-bond acceptors (Lipinski definition) is 12. The summed E-state index contributed by atoms with van der Waals surface area (Å²) in [5, 5.41) is 18.1. The van der Waals surface area contributed by atoms with Gasteiger partial charge in [0.15, 0.2) is 0 Å². The van der Waals surface area contributed by atoms with Crippen LogP contribution in [0.25, 0.3) is 32.9 Å². The first-order valence-corrected chi connectivity index (χ1v) is 18.0. The molecule has 15 nitrogen and oxygen atoms in total. The fraction of sp³-hybridized carbons (Fsp3) is 0.359. The van der Waals surface area contributed by atoms with Crippen molar-refractivity contribution in [2.24, 2.45) is 0 Å². The molecule has 0 bridgehead atoms. The number of nitrogens with zero attached hydrogens (tertiary/aromatic N) is 3. The SMILES string of the molecule is O=C1CCC(N2C(=O)c3cccc(NCCOCCOCCOCCOCCOc4ccc(-c5ccc6c(c5)[nH]c5ccncc56)cn4)c3C2=O)C(O)N1. The molecule has 3 aromatic heterocycles. The van der Waals surface area contributed by atoms with Gasteiger partial charge in [0.1, 0.15) is 12.8 Å². The molecule has 7 rings (SSSR count). The second-order valence-electron chi connectivity index (χ2n) is 12.7. The lowest BCUT2D eigenvalue weighted by molar-refractivity contribution is -0.129. The van der Waals surface area contributed by atoms with Crippen LogP contribution in [-0.2, 0) is 23.7 Å². The quantitative estimate of drug-likeness (QED) is 0.0715. The van der Waals surface area contributed by atoms with Crippen molar-refractivity contribution < 1.29 is 43.2 Å². The van der Waals surface area contributed by atoms with E-state index >= 15 is 0 Å². The third-order valence-corrected chi connectivity index (χ3v) is 9.24. The van der Waals surface area contributed by atoms with Crippen LogP contribution in [0.1, 0.15) is 33.6 Å². The Morgan fingerprint density at radius 2 is 1.52 bits per heavy atom. The third kappa shape index (κ3) is 8.51. The second kappa shape index (κ2) is 17.6. The Hall–Kier alpha value is -5.45. The highest BCUT2D eigenvalue weighted by Crippen LogP contribution is 2.33. The van der Waals surface area contributed by atoms with E-state index in [1.807, 2.05) is 24.4 Å². The minimum atomic E-state index is -1.30. The van der Waals surface area contributed by atoms with Crippen molar-refractivity contribution in [2.45, 2.75) is 25.1 Å². The summed E-state index contributed by atoms with van der Waals surface area (Å²) in [4.78, 5) is 51.0. The molecule has 2 aliphatic heterocycles. The largest absolute Gasteiger partial charge is 0.475 e. The Bertz CT molecular complexity index is 2090. The van der Waals surface area contributed by atoms with Crippen LogP contribution in [0.2, 0.25) is 0 Å². The summed E-state index contributed by atoms with van der Waals surface area (Å²) >= 11 is 0. The predicted molar refractivity (Wildman–Crippen MR) is 198 cm³/mol. The minimum absolute atomic E-state index is 0.127. The van der Waals surface area contributed by atoms with Crippen LogP contribution in [-0.4, -0.2) is 121 Å². The number of H-pyrrole nitrogens is 1. The number of aliphatic hydroxyl groups excluding tert-OH is 1. The van der Waals surface area contributed by atoms with Crippen molar-refractivity contribution in [3.63, 3.8) is 0 Å². The zero-order chi connectivity index (χ0) is 37.3. The maximum absolute atomic E-state index is 13.2. The highest BCUT2D eigenvalue weighted by molar-refractivity contribution is 6.24. The van der Waals surface area contributed by atoms with Gasteiger partial charge in [0.2, 0.25) is 11.8 Å². The fourth-order valence-corrected chi connectivity index (χ4v) is 6.58. The first-order chi connectivity index (χ1) is 26.5. The number of aromatic nitrogens is 3. The summed E-state index contributed by atoms with van der Waals surface area (Å²) in [7, 11) is 0. The van der Waals surface area contributed by atoms with E-state index in [1.54, 1.807) is 30.6 Å². The summed E-state index contributed by atoms with van der Waals surface area (Å²) in [6, 6.07) is 16.3. The summed E-state index contributed by atoms with van der Waals surface area (Å²) in [5.41, 5.74) is 5.19. The Balaban J connectivity index is 0.698. The Kier molecular flexibility index (Phi) is 12.0. The molecule has 4 N–H and O–H groups in total. The Morgan fingerprint density at radius 1 is 0.778 bits per heavy atom. The molecule has 54 heavy (non-hydrogen) atoms. The zero-order valence-electron chi connectivity index (χ0n) is 29.6. The van der Waals surface area contributed by atoms with E-state index in [0.717, 1.165) is 37.8 Å². The molecule has 0 spiro atoms. The molecule has 5 aromatic rings. The molecule has 2 aliphatic rings. The van der Waals surface area contributed by atoms with Crippen LogP contribution >= 0.6 is 0 Å². The van der Waals surface area contributed by atoms with Gasteiger partial charge in [-0.15, -0.1) is 0 Å². The average Bonchev–Trinajstić information content (AvgIpc) is 3.68. The second-order valence-corrected chi connectivity index (χ2v) is 12.7. The number of aromatic amines is 1. The van der Waals surface area contributed by atoms with Crippen molar-refractivity contribution in [3.8, 4) is 17.0 Å². The predicted octanol–water partition coefficient (Wildman–Crippen LogP) is 3.53. The number of fused-ring (bicyclic) bond motifs is 4. The molecule has 0 aliphatic carbocycles. The van der Waals surface area contributed by atoms with Crippen LogP contribution in [0.3, 0.4) is 0 Å². The number of amides is 3. The van der Waals surface area contributed by atoms with Crippen molar-refractivity contribution >= 4 is 45.2 Å². The maximum atomic E-state index is 13.2. The van der Waals surface area contributed by atoms with Crippen LogP contribution in [0.15, 0.2) is 73.2 Å². The van der Waals surface area contributed by atoms with Gasteiger partial charge in [-0.05, 0) is 42.3 Å². The molecule has 15 heteroatoms. The molecule has 3 amide bonds. The number of rotatable bonds is 19. The lowest BCUT2D eigenvalue weighted by atomic mass is 10.0. The highest BCUT2D eigenvalue weighted by Gasteiger charge is 2.45. The number of benzene rings is 2. The number of nitrogens with one attached hydrogen (secondary N) is 3. The van der Waals surface area contributed by atoms with E-state index in [0.29, 0.717) is 77.6 Å². The normalized spacial score (nSPS) is 17.0. The Morgan fingerprint density at radius 3 is 2.26 bits per heavy atom. The molecule has 1 saturated heterocycles. The first kappa shape index (κ1) is 36.9. The summed E-state index contributed by atoms with van der Waals surface area (Å²) in [6.07, 6.45) is 4.49. The van der Waals surface area contributed by atoms with Gasteiger partial charge in [0.25, 0.3) is 11.8 Å². The van der Waals surface area contributed by atoms with Crippen molar-refractivity contribution in [1.29, 1.82) is 0 Å². The number of ether oxygens (including phenoxy) is 5. The molecule has 0 radical (unpaired) electrons. The van der Waals surface area contributed by atoms with Gasteiger partial charge in [0.05, 0.1) is 70.0 Å². The lowest BCUT2D eigenvalue weighted by Gasteiger charge is -2.33. The number of carbonyl (C=O) groups is 3. The van der Waals surface area contributed by atoms with Gasteiger partial charge >= 0.3 is 0 Å². The van der Waals surface area contributed by atoms with Crippen molar-refractivity contribution in [3.05, 3.63) is 84.3 Å². The number of piperidine rings is 1. The summed E-state index contributed by atoms with van der Waals surface area (Å²) in [5.74, 6) is -0.769. The topological polar surface area (TPSA) is 186 Å².